The van der Waals surface area contributed by atoms with Crippen molar-refractivity contribution in [3.05, 3.63) is 5.21 Å². The first kappa shape index (κ1) is 9.95. The van der Waals surface area contributed by atoms with Crippen LogP contribution >= 0.6 is 0 Å². The molecule has 0 spiro atoms. The van der Waals surface area contributed by atoms with Crippen molar-refractivity contribution >= 4 is 0 Å². The second-order valence-corrected chi connectivity index (χ2v) is 4.95. The molecule has 2 aliphatic heterocycles. The number of hydrogen-bond acceptors (Lipinski definition) is 2. The van der Waals surface area contributed by atoms with Gasteiger partial charge in [0.05, 0.1) is 31.1 Å². The monoisotopic (exact) mass is 194 g/mol. The van der Waals surface area contributed by atoms with E-state index in [0.29, 0.717) is 25.0 Å². The summed E-state index contributed by atoms with van der Waals surface area (Å²) in [5, 5.41) is 21.1. The van der Waals surface area contributed by atoms with Crippen LogP contribution in [0.25, 0.3) is 0 Å². The molecule has 0 aromatic heterocycles. The predicted molar refractivity (Wildman–Crippen MR) is 53.9 cm³/mol. The highest BCUT2D eigenvalue weighted by atomic mass is 16.6. The first-order valence-electron chi connectivity index (χ1n) is 5.62. The van der Waals surface area contributed by atoms with Gasteiger partial charge in [-0.1, -0.05) is 6.92 Å². The molecular formula is C11H18N2O. The van der Waals surface area contributed by atoms with Gasteiger partial charge in [0.2, 0.25) is 0 Å². The van der Waals surface area contributed by atoms with Crippen molar-refractivity contribution in [1.29, 1.82) is 5.26 Å². The Bertz CT molecular complexity index is 245. The van der Waals surface area contributed by atoms with Crippen LogP contribution in [-0.2, 0) is 0 Å². The molecule has 2 unspecified atom stereocenters. The Morgan fingerprint density at radius 3 is 2.43 bits per heavy atom. The summed E-state index contributed by atoms with van der Waals surface area (Å²) in [4.78, 5) is 0. The molecule has 78 valence electrons. The highest BCUT2D eigenvalue weighted by molar-refractivity contribution is 4.86. The molecule has 3 nitrogen and oxygen atoms in total. The van der Waals surface area contributed by atoms with E-state index in [1.54, 1.807) is 0 Å². The van der Waals surface area contributed by atoms with Crippen LogP contribution in [0.4, 0.5) is 0 Å². The molecule has 2 heterocycles. The Morgan fingerprint density at radius 2 is 1.93 bits per heavy atom. The maximum atomic E-state index is 12.5. The van der Waals surface area contributed by atoms with E-state index in [0.717, 1.165) is 31.6 Å². The number of nitriles is 1. The van der Waals surface area contributed by atoms with E-state index in [4.69, 9.17) is 5.26 Å². The lowest BCUT2D eigenvalue weighted by Crippen LogP contribution is -2.56. The van der Waals surface area contributed by atoms with Crippen molar-refractivity contribution < 1.29 is 4.65 Å². The van der Waals surface area contributed by atoms with E-state index in [1.807, 2.05) is 0 Å². The fourth-order valence-electron chi connectivity index (χ4n) is 3.33. The summed E-state index contributed by atoms with van der Waals surface area (Å²) in [6.45, 7) is 2.78. The highest BCUT2D eigenvalue weighted by Gasteiger charge is 2.47. The van der Waals surface area contributed by atoms with Crippen LogP contribution in [0.15, 0.2) is 0 Å². The molecule has 0 saturated carbocycles. The summed E-state index contributed by atoms with van der Waals surface area (Å²) in [7, 11) is 0. The predicted octanol–water partition coefficient (Wildman–Crippen LogP) is 2.18. The molecule has 2 bridgehead atoms. The fourth-order valence-corrected chi connectivity index (χ4v) is 3.33. The van der Waals surface area contributed by atoms with E-state index in [1.165, 1.54) is 0 Å². The van der Waals surface area contributed by atoms with Crippen LogP contribution in [0.5, 0.6) is 0 Å². The Hall–Kier alpha value is -0.590. The molecule has 0 aliphatic carbocycles. The molecule has 2 saturated heterocycles. The molecule has 2 aliphatic rings. The maximum Gasteiger partial charge on any atom is 0.0920 e. The molecule has 14 heavy (non-hydrogen) atoms. The second kappa shape index (κ2) is 3.52. The highest BCUT2D eigenvalue weighted by Crippen LogP contribution is 2.43. The third-order valence-electron chi connectivity index (χ3n) is 3.99. The second-order valence-electron chi connectivity index (χ2n) is 4.95. The average Bonchev–Trinajstić information content (AvgIpc) is 2.39. The van der Waals surface area contributed by atoms with Crippen LogP contribution in [0.2, 0.25) is 0 Å². The third-order valence-corrected chi connectivity index (χ3v) is 3.99. The van der Waals surface area contributed by atoms with Crippen LogP contribution in [-0.4, -0.2) is 23.3 Å². The van der Waals surface area contributed by atoms with Crippen molar-refractivity contribution in [3.63, 3.8) is 0 Å². The van der Waals surface area contributed by atoms with Crippen molar-refractivity contribution in [2.75, 3.05) is 6.54 Å². The normalized spacial score (nSPS) is 46.2. The molecule has 2 atom stereocenters. The largest absolute Gasteiger partial charge is 0.632 e. The van der Waals surface area contributed by atoms with Crippen molar-refractivity contribution in [3.8, 4) is 6.07 Å². The SMILES string of the molecule is CC1CC2CCC(C1)[N+]2([O-])CCC#N. The van der Waals surface area contributed by atoms with Crippen LogP contribution in [0.1, 0.15) is 39.0 Å². The summed E-state index contributed by atoms with van der Waals surface area (Å²) >= 11 is 0. The molecule has 0 aromatic rings. The lowest BCUT2D eigenvalue weighted by Gasteiger charge is -2.52. The number of rotatable bonds is 2. The topological polar surface area (TPSA) is 46.8 Å². The molecule has 2 fully saturated rings. The quantitative estimate of drug-likeness (QED) is 0.499. The number of hydroxylamine groups is 3. The Morgan fingerprint density at radius 1 is 1.36 bits per heavy atom. The summed E-state index contributed by atoms with van der Waals surface area (Å²) in [6, 6.07) is 2.71. The minimum atomic E-state index is -0.0437. The Balaban J connectivity index is 2.09. The summed E-state index contributed by atoms with van der Waals surface area (Å²) in [5.41, 5.74) is 0. The van der Waals surface area contributed by atoms with E-state index in [2.05, 4.69) is 13.0 Å². The average molecular weight is 194 g/mol. The van der Waals surface area contributed by atoms with Gasteiger partial charge in [0, 0.05) is 25.7 Å². The summed E-state index contributed by atoms with van der Waals surface area (Å²) in [5.74, 6) is 0.717. The number of fused-ring (bicyclic) bond motifs is 2. The lowest BCUT2D eigenvalue weighted by molar-refractivity contribution is -0.921. The first-order chi connectivity index (χ1) is 6.66. The van der Waals surface area contributed by atoms with E-state index in [-0.39, 0.29) is 4.65 Å². The lowest BCUT2D eigenvalue weighted by atomic mass is 9.92. The molecule has 2 rings (SSSR count). The standard InChI is InChI=1S/C11H18N2O/c1-9-7-10-3-4-11(8-9)13(10,14)6-2-5-12/h9-11H,2-4,6-8H2,1H3. The van der Waals surface area contributed by atoms with Gasteiger partial charge in [-0.25, -0.2) is 0 Å². The minimum Gasteiger partial charge on any atom is -0.632 e. The molecular weight excluding hydrogens is 176 g/mol. The zero-order valence-corrected chi connectivity index (χ0v) is 8.78. The fraction of sp³-hybridized carbons (Fsp3) is 0.909. The third kappa shape index (κ3) is 1.43. The molecule has 3 heteroatoms. The minimum absolute atomic E-state index is 0.0437. The first-order valence-corrected chi connectivity index (χ1v) is 5.62. The van der Waals surface area contributed by atoms with Gasteiger partial charge in [-0.2, -0.15) is 5.26 Å². The van der Waals surface area contributed by atoms with Gasteiger partial charge in [0.25, 0.3) is 0 Å². The van der Waals surface area contributed by atoms with Gasteiger partial charge in [0.1, 0.15) is 0 Å². The molecule has 0 radical (unpaired) electrons. The van der Waals surface area contributed by atoms with Gasteiger partial charge in [0.15, 0.2) is 0 Å². The Kier molecular flexibility index (Phi) is 2.50. The maximum absolute atomic E-state index is 12.5. The molecule has 0 N–H and O–H groups in total. The number of nitrogens with zero attached hydrogens (tertiary/aromatic N) is 2. The van der Waals surface area contributed by atoms with E-state index in [9.17, 15) is 5.21 Å². The number of quaternary nitrogens is 1. The molecule has 0 amide bonds. The van der Waals surface area contributed by atoms with Gasteiger partial charge >= 0.3 is 0 Å². The zero-order chi connectivity index (χ0) is 10.2. The van der Waals surface area contributed by atoms with Crippen molar-refractivity contribution in [2.45, 2.75) is 51.1 Å². The summed E-state index contributed by atoms with van der Waals surface area (Å²) in [6.07, 6.45) is 4.75. The zero-order valence-electron chi connectivity index (χ0n) is 8.78. The number of piperidine rings is 1. The van der Waals surface area contributed by atoms with Crippen LogP contribution in [0.3, 0.4) is 0 Å². The number of hydrogen-bond donors (Lipinski definition) is 0. The van der Waals surface area contributed by atoms with Gasteiger partial charge in [-0.05, 0) is 5.92 Å². The molecule has 0 aromatic carbocycles. The Labute approximate surface area is 85.5 Å². The van der Waals surface area contributed by atoms with E-state index >= 15 is 0 Å². The van der Waals surface area contributed by atoms with Gasteiger partial charge in [-0.3, -0.25) is 0 Å². The smallest absolute Gasteiger partial charge is 0.0920 e. The summed E-state index contributed by atoms with van der Waals surface area (Å²) < 4.78 is -0.0437. The van der Waals surface area contributed by atoms with Crippen molar-refractivity contribution in [2.24, 2.45) is 5.92 Å². The van der Waals surface area contributed by atoms with Gasteiger partial charge in [-0.15, -0.1) is 0 Å². The van der Waals surface area contributed by atoms with Crippen LogP contribution in [0, 0.1) is 22.5 Å². The van der Waals surface area contributed by atoms with Crippen LogP contribution < -0.4 is 0 Å². The van der Waals surface area contributed by atoms with Crippen molar-refractivity contribution in [1.82, 2.24) is 0 Å². The van der Waals surface area contributed by atoms with E-state index < -0.39 is 0 Å². The van der Waals surface area contributed by atoms with Gasteiger partial charge < -0.3 is 9.85 Å².